The molecule has 0 atom stereocenters. The zero-order valence-corrected chi connectivity index (χ0v) is 20.4. The van der Waals surface area contributed by atoms with Crippen LogP contribution in [0.15, 0.2) is 82.6 Å². The number of nitrogens with zero attached hydrogens (tertiary/aromatic N) is 4. The van der Waals surface area contributed by atoms with Crippen LogP contribution in [0.25, 0.3) is 11.6 Å². The first-order valence-corrected chi connectivity index (χ1v) is 13.0. The van der Waals surface area contributed by atoms with Crippen LogP contribution in [-0.2, 0) is 17.8 Å². The molecule has 4 aromatic rings. The number of likely N-dealkylation sites (tertiary alicyclic amines) is 1. The third-order valence-corrected chi connectivity index (χ3v) is 7.09. The summed E-state index contributed by atoms with van der Waals surface area (Å²) in [6.45, 7) is 4.13. The van der Waals surface area contributed by atoms with E-state index in [0.29, 0.717) is 23.3 Å². The van der Waals surface area contributed by atoms with E-state index >= 15 is 0 Å². The van der Waals surface area contributed by atoms with E-state index in [2.05, 4.69) is 44.7 Å². The van der Waals surface area contributed by atoms with Crippen molar-refractivity contribution in [2.45, 2.75) is 31.0 Å². The van der Waals surface area contributed by atoms with E-state index in [9.17, 15) is 4.79 Å². The molecule has 0 spiro atoms. The lowest BCUT2D eigenvalue weighted by atomic mass is 10.1. The van der Waals surface area contributed by atoms with Gasteiger partial charge in [-0.1, -0.05) is 54.2 Å². The van der Waals surface area contributed by atoms with Crippen molar-refractivity contribution in [3.8, 4) is 11.6 Å². The predicted octanol–water partition coefficient (Wildman–Crippen LogP) is 4.96. The minimum Gasteiger partial charge on any atom is -0.461 e. The normalized spacial score (nSPS) is 13.8. The Morgan fingerprint density at radius 3 is 2.49 bits per heavy atom. The molecule has 35 heavy (non-hydrogen) atoms. The summed E-state index contributed by atoms with van der Waals surface area (Å²) < 4.78 is 7.54. The van der Waals surface area contributed by atoms with Crippen molar-refractivity contribution in [1.29, 1.82) is 0 Å². The lowest BCUT2D eigenvalue weighted by molar-refractivity contribution is -0.113. The van der Waals surface area contributed by atoms with Gasteiger partial charge in [0.2, 0.25) is 11.7 Å². The molecule has 5 rings (SSSR count). The maximum absolute atomic E-state index is 12.7. The fraction of sp³-hybridized carbons (Fsp3) is 0.296. The second-order valence-electron chi connectivity index (χ2n) is 8.69. The average Bonchev–Trinajstić information content (AvgIpc) is 3.66. The SMILES string of the molecule is O=C(CSc1nnc(-c2ccco2)n1Cc1ccccc1)Nc1ccc(CCN2CCCC2)cc1. The highest BCUT2D eigenvalue weighted by molar-refractivity contribution is 7.99. The summed E-state index contributed by atoms with van der Waals surface area (Å²) in [5.74, 6) is 1.45. The number of hydrogen-bond acceptors (Lipinski definition) is 6. The summed E-state index contributed by atoms with van der Waals surface area (Å²) in [5.41, 5.74) is 3.22. The molecule has 1 N–H and O–H groups in total. The second kappa shape index (κ2) is 11.4. The fourth-order valence-corrected chi connectivity index (χ4v) is 5.01. The number of rotatable bonds is 10. The highest BCUT2D eigenvalue weighted by atomic mass is 32.2. The molecule has 0 radical (unpaired) electrons. The third-order valence-electron chi connectivity index (χ3n) is 6.13. The van der Waals surface area contributed by atoms with E-state index in [-0.39, 0.29) is 11.7 Å². The molecule has 1 saturated heterocycles. The summed E-state index contributed by atoms with van der Waals surface area (Å²) >= 11 is 1.37. The number of benzene rings is 2. The van der Waals surface area contributed by atoms with E-state index in [0.717, 1.165) is 24.2 Å². The number of furan rings is 1. The van der Waals surface area contributed by atoms with Crippen LogP contribution in [0, 0.1) is 0 Å². The van der Waals surface area contributed by atoms with Gasteiger partial charge in [0.1, 0.15) is 0 Å². The lowest BCUT2D eigenvalue weighted by Gasteiger charge is -2.14. The summed E-state index contributed by atoms with van der Waals surface area (Å²) in [4.78, 5) is 15.2. The molecule has 7 nitrogen and oxygen atoms in total. The van der Waals surface area contributed by atoms with Crippen LogP contribution in [0.4, 0.5) is 5.69 Å². The van der Waals surface area contributed by atoms with E-state index in [1.54, 1.807) is 6.26 Å². The van der Waals surface area contributed by atoms with Crippen LogP contribution in [0.5, 0.6) is 0 Å². The van der Waals surface area contributed by atoms with Gasteiger partial charge in [0.25, 0.3) is 0 Å². The predicted molar refractivity (Wildman–Crippen MR) is 138 cm³/mol. The minimum atomic E-state index is -0.0753. The molecular formula is C27H29N5O2S. The van der Waals surface area contributed by atoms with E-state index < -0.39 is 0 Å². The summed E-state index contributed by atoms with van der Waals surface area (Å²) in [6.07, 6.45) is 5.29. The number of thioether (sulfide) groups is 1. The van der Waals surface area contributed by atoms with Crippen molar-refractivity contribution in [1.82, 2.24) is 19.7 Å². The standard InChI is InChI=1S/C27H29N5O2S/c33-25(28-23-12-10-21(11-13-23)14-17-31-15-4-5-16-31)20-35-27-30-29-26(24-9-6-18-34-24)32(27)19-22-7-2-1-3-8-22/h1-3,6-13,18H,4-5,14-17,19-20H2,(H,28,33). The Bertz CT molecular complexity index is 1220. The number of nitrogens with one attached hydrogen (secondary N) is 1. The number of carbonyl (C=O) groups excluding carboxylic acids is 1. The van der Waals surface area contributed by atoms with Gasteiger partial charge >= 0.3 is 0 Å². The third kappa shape index (κ3) is 6.21. The van der Waals surface area contributed by atoms with Crippen LogP contribution >= 0.6 is 11.8 Å². The molecule has 1 amide bonds. The Morgan fingerprint density at radius 1 is 0.943 bits per heavy atom. The molecule has 0 bridgehead atoms. The number of hydrogen-bond donors (Lipinski definition) is 1. The molecule has 0 aliphatic carbocycles. The van der Waals surface area contributed by atoms with Crippen molar-refractivity contribution in [3.05, 3.63) is 84.1 Å². The highest BCUT2D eigenvalue weighted by Gasteiger charge is 2.18. The molecule has 3 heterocycles. The lowest BCUT2D eigenvalue weighted by Crippen LogP contribution is -2.21. The van der Waals surface area contributed by atoms with Crippen molar-refractivity contribution < 1.29 is 9.21 Å². The monoisotopic (exact) mass is 487 g/mol. The Labute approximate surface area is 209 Å². The Balaban J connectivity index is 1.19. The molecule has 8 heteroatoms. The maximum atomic E-state index is 12.7. The van der Waals surface area contributed by atoms with Gasteiger partial charge in [0, 0.05) is 12.2 Å². The zero-order valence-electron chi connectivity index (χ0n) is 19.6. The van der Waals surface area contributed by atoms with Crippen molar-refractivity contribution in [2.24, 2.45) is 0 Å². The largest absolute Gasteiger partial charge is 0.461 e. The molecule has 2 aromatic carbocycles. The first-order chi connectivity index (χ1) is 17.2. The van der Waals surface area contributed by atoms with Gasteiger partial charge in [-0.15, -0.1) is 10.2 Å². The maximum Gasteiger partial charge on any atom is 0.234 e. The van der Waals surface area contributed by atoms with Gasteiger partial charge in [-0.2, -0.15) is 0 Å². The smallest absolute Gasteiger partial charge is 0.234 e. The van der Waals surface area contributed by atoms with Gasteiger partial charge in [-0.3, -0.25) is 9.36 Å². The van der Waals surface area contributed by atoms with Gasteiger partial charge in [0.15, 0.2) is 10.9 Å². The van der Waals surface area contributed by atoms with Crippen molar-refractivity contribution in [2.75, 3.05) is 30.7 Å². The van der Waals surface area contributed by atoms with Gasteiger partial charge in [-0.25, -0.2) is 0 Å². The Morgan fingerprint density at radius 2 is 1.74 bits per heavy atom. The first-order valence-electron chi connectivity index (χ1n) is 12.0. The van der Waals surface area contributed by atoms with Crippen LogP contribution in [0.1, 0.15) is 24.0 Å². The summed E-state index contributed by atoms with van der Waals surface area (Å²) in [6, 6.07) is 22.0. The first kappa shape index (κ1) is 23.4. The molecule has 0 saturated carbocycles. The van der Waals surface area contributed by atoms with Crippen LogP contribution in [-0.4, -0.2) is 51.0 Å². The van der Waals surface area contributed by atoms with E-state index in [4.69, 9.17) is 4.42 Å². The van der Waals surface area contributed by atoms with Gasteiger partial charge < -0.3 is 14.6 Å². The molecule has 0 unspecified atom stereocenters. The zero-order chi connectivity index (χ0) is 23.9. The quantitative estimate of drug-likeness (QED) is 0.319. The summed E-state index contributed by atoms with van der Waals surface area (Å²) in [5, 5.41) is 12.3. The van der Waals surface area contributed by atoms with Crippen molar-refractivity contribution >= 4 is 23.4 Å². The highest BCUT2D eigenvalue weighted by Crippen LogP contribution is 2.26. The number of amides is 1. The second-order valence-corrected chi connectivity index (χ2v) is 9.63. The molecule has 1 aliphatic rings. The number of carbonyl (C=O) groups is 1. The molecule has 1 fully saturated rings. The van der Waals surface area contributed by atoms with Gasteiger partial charge in [0.05, 0.1) is 18.6 Å². The minimum absolute atomic E-state index is 0.0753. The van der Waals surface area contributed by atoms with Crippen LogP contribution in [0.3, 0.4) is 0 Å². The van der Waals surface area contributed by atoms with Crippen LogP contribution in [0.2, 0.25) is 0 Å². The summed E-state index contributed by atoms with van der Waals surface area (Å²) in [7, 11) is 0. The number of anilines is 1. The van der Waals surface area contributed by atoms with Gasteiger partial charge in [-0.05, 0) is 67.7 Å². The topological polar surface area (TPSA) is 76.2 Å². The molecular weight excluding hydrogens is 458 g/mol. The van der Waals surface area contributed by atoms with E-state index in [1.165, 1.54) is 43.3 Å². The Kier molecular flexibility index (Phi) is 7.60. The molecule has 180 valence electrons. The fourth-order valence-electron chi connectivity index (χ4n) is 4.27. The van der Waals surface area contributed by atoms with E-state index in [1.807, 2.05) is 47.0 Å². The Hall–Kier alpha value is -3.36. The molecule has 2 aromatic heterocycles. The van der Waals surface area contributed by atoms with Crippen molar-refractivity contribution in [3.63, 3.8) is 0 Å². The molecule has 1 aliphatic heterocycles. The average molecular weight is 488 g/mol. The number of aromatic nitrogens is 3. The van der Waals surface area contributed by atoms with Crippen LogP contribution < -0.4 is 5.32 Å².